The summed E-state index contributed by atoms with van der Waals surface area (Å²) in [5.41, 5.74) is 2.31. The first-order chi connectivity index (χ1) is 8.96. The number of benzene rings is 1. The Labute approximate surface area is 117 Å². The second kappa shape index (κ2) is 6.08. The van der Waals surface area contributed by atoms with E-state index in [9.17, 15) is 0 Å². The summed E-state index contributed by atoms with van der Waals surface area (Å²) in [4.78, 5) is 2.16. The van der Waals surface area contributed by atoms with E-state index in [1.165, 1.54) is 5.56 Å². The van der Waals surface area contributed by atoms with E-state index >= 15 is 0 Å². The first-order valence-corrected chi connectivity index (χ1v) is 6.99. The van der Waals surface area contributed by atoms with Gasteiger partial charge in [0.15, 0.2) is 0 Å². The van der Waals surface area contributed by atoms with E-state index in [2.05, 4.69) is 57.1 Å². The zero-order chi connectivity index (χ0) is 13.9. The van der Waals surface area contributed by atoms with Crippen LogP contribution < -0.4 is 5.46 Å². The van der Waals surface area contributed by atoms with E-state index in [1.807, 2.05) is 0 Å². The Kier molecular flexibility index (Phi) is 4.66. The van der Waals surface area contributed by atoms with Crippen molar-refractivity contribution in [3.8, 4) is 0 Å². The minimum absolute atomic E-state index is 0.108. The molecular weight excluding hydrogens is 237 g/mol. The molecule has 19 heavy (non-hydrogen) atoms. The van der Waals surface area contributed by atoms with Crippen LogP contribution >= 0.6 is 0 Å². The van der Waals surface area contributed by atoms with Gasteiger partial charge in [-0.25, -0.2) is 0 Å². The lowest BCUT2D eigenvalue weighted by Gasteiger charge is -2.25. The fraction of sp³-hybridized carbons (Fsp3) is 0.600. The van der Waals surface area contributed by atoms with Crippen molar-refractivity contribution in [1.82, 2.24) is 4.90 Å². The van der Waals surface area contributed by atoms with Crippen LogP contribution in [0.5, 0.6) is 0 Å². The van der Waals surface area contributed by atoms with Crippen molar-refractivity contribution in [3.63, 3.8) is 0 Å². The van der Waals surface area contributed by atoms with Crippen molar-refractivity contribution >= 4 is 12.6 Å². The Morgan fingerprint density at radius 2 is 1.89 bits per heavy atom. The van der Waals surface area contributed by atoms with E-state index in [0.717, 1.165) is 31.5 Å². The van der Waals surface area contributed by atoms with Crippen molar-refractivity contribution in [3.05, 3.63) is 29.8 Å². The van der Waals surface area contributed by atoms with Crippen molar-refractivity contribution in [1.29, 1.82) is 0 Å². The molecule has 1 aromatic rings. The third-order valence-electron chi connectivity index (χ3n) is 3.37. The second-order valence-corrected chi connectivity index (χ2v) is 6.16. The minimum Gasteiger partial charge on any atom is -0.407 e. The molecule has 0 radical (unpaired) electrons. The lowest BCUT2D eigenvalue weighted by atomic mass is 9.77. The van der Waals surface area contributed by atoms with Crippen LogP contribution in [-0.4, -0.2) is 38.3 Å². The average molecular weight is 261 g/mol. The number of rotatable bonds is 3. The van der Waals surface area contributed by atoms with Crippen LogP contribution in [-0.2, 0) is 15.9 Å². The minimum atomic E-state index is -0.231. The Bertz CT molecular complexity index is 403. The number of hydrogen-bond donors (Lipinski definition) is 0. The zero-order valence-corrected chi connectivity index (χ0v) is 12.5. The van der Waals surface area contributed by atoms with Gasteiger partial charge in [0.25, 0.3) is 0 Å². The lowest BCUT2D eigenvalue weighted by Crippen LogP contribution is -2.42. The Hall–Kier alpha value is -0.835. The van der Waals surface area contributed by atoms with Crippen LogP contribution in [0, 0.1) is 0 Å². The van der Waals surface area contributed by atoms with Gasteiger partial charge in [-0.1, -0.05) is 24.3 Å². The molecule has 104 valence electrons. The van der Waals surface area contributed by atoms with Gasteiger partial charge in [-0.3, -0.25) is 0 Å². The summed E-state index contributed by atoms with van der Waals surface area (Å²) in [5.74, 6) is 0. The summed E-state index contributed by atoms with van der Waals surface area (Å²) < 4.78 is 11.9. The largest absolute Gasteiger partial charge is 0.494 e. The fourth-order valence-corrected chi connectivity index (χ4v) is 2.38. The lowest BCUT2D eigenvalue weighted by molar-refractivity contribution is 0.0907. The highest BCUT2D eigenvalue weighted by Gasteiger charge is 2.32. The van der Waals surface area contributed by atoms with Gasteiger partial charge < -0.3 is 14.2 Å². The standard InChI is InChI=1S/C15H24BNO2/c1-15(2)10-5-11-18-16(19-15)14-8-6-13(7-9-14)12-17(3)4/h6-9H,5,10-12H2,1-4H3. The highest BCUT2D eigenvalue weighted by Crippen LogP contribution is 2.21. The van der Waals surface area contributed by atoms with Crippen molar-refractivity contribution < 1.29 is 9.31 Å². The summed E-state index contributed by atoms with van der Waals surface area (Å²) in [5, 5.41) is 0. The van der Waals surface area contributed by atoms with Crippen LogP contribution in [0.4, 0.5) is 0 Å². The van der Waals surface area contributed by atoms with E-state index in [1.54, 1.807) is 0 Å². The van der Waals surface area contributed by atoms with E-state index in [4.69, 9.17) is 9.31 Å². The topological polar surface area (TPSA) is 21.7 Å². The molecule has 1 fully saturated rings. The van der Waals surface area contributed by atoms with E-state index < -0.39 is 0 Å². The van der Waals surface area contributed by atoms with Gasteiger partial charge in [0, 0.05) is 18.8 Å². The van der Waals surface area contributed by atoms with Gasteiger partial charge in [-0.05, 0) is 51.8 Å². The molecule has 1 heterocycles. The maximum Gasteiger partial charge on any atom is 0.494 e. The average Bonchev–Trinajstić information content (AvgIpc) is 2.50. The Balaban J connectivity index is 2.08. The molecule has 2 rings (SSSR count). The molecule has 0 bridgehead atoms. The molecule has 0 atom stereocenters. The Morgan fingerprint density at radius 1 is 1.21 bits per heavy atom. The molecule has 0 unspecified atom stereocenters. The third-order valence-corrected chi connectivity index (χ3v) is 3.37. The number of hydrogen-bond acceptors (Lipinski definition) is 3. The predicted molar refractivity (Wildman–Crippen MR) is 79.6 cm³/mol. The number of nitrogens with zero attached hydrogens (tertiary/aromatic N) is 1. The van der Waals surface area contributed by atoms with Gasteiger partial charge in [-0.2, -0.15) is 0 Å². The molecule has 1 aliphatic heterocycles. The molecule has 0 aromatic heterocycles. The fourth-order valence-electron chi connectivity index (χ4n) is 2.38. The monoisotopic (exact) mass is 261 g/mol. The van der Waals surface area contributed by atoms with Crippen LogP contribution in [0.25, 0.3) is 0 Å². The highest BCUT2D eigenvalue weighted by molar-refractivity contribution is 6.61. The summed E-state index contributed by atoms with van der Waals surface area (Å²) in [6.45, 7) is 6.00. The van der Waals surface area contributed by atoms with Crippen LogP contribution in [0.3, 0.4) is 0 Å². The molecule has 0 N–H and O–H groups in total. The quantitative estimate of drug-likeness (QED) is 0.777. The first-order valence-electron chi connectivity index (χ1n) is 6.99. The van der Waals surface area contributed by atoms with E-state index in [-0.39, 0.29) is 12.7 Å². The SMILES string of the molecule is CN(C)Cc1ccc(B2OCCCC(C)(C)O2)cc1. The van der Waals surface area contributed by atoms with Gasteiger partial charge in [0.1, 0.15) is 0 Å². The zero-order valence-electron chi connectivity index (χ0n) is 12.5. The molecule has 0 spiro atoms. The van der Waals surface area contributed by atoms with Gasteiger partial charge in [0.05, 0.1) is 0 Å². The predicted octanol–water partition coefficient (Wildman–Crippen LogP) is 2.05. The molecule has 3 nitrogen and oxygen atoms in total. The first kappa shape index (κ1) is 14.6. The summed E-state index contributed by atoms with van der Waals surface area (Å²) in [6, 6.07) is 8.54. The summed E-state index contributed by atoms with van der Waals surface area (Å²) >= 11 is 0. The Morgan fingerprint density at radius 3 is 2.53 bits per heavy atom. The van der Waals surface area contributed by atoms with Crippen molar-refractivity contribution in [2.24, 2.45) is 0 Å². The van der Waals surface area contributed by atoms with Gasteiger partial charge in [-0.15, -0.1) is 0 Å². The van der Waals surface area contributed by atoms with Crippen molar-refractivity contribution in [2.45, 2.75) is 38.8 Å². The van der Waals surface area contributed by atoms with Gasteiger partial charge in [0.2, 0.25) is 0 Å². The molecular formula is C15H24BNO2. The third kappa shape index (κ3) is 4.34. The smallest absolute Gasteiger partial charge is 0.407 e. The molecule has 0 amide bonds. The van der Waals surface area contributed by atoms with Crippen LogP contribution in [0.15, 0.2) is 24.3 Å². The maximum absolute atomic E-state index is 6.07. The molecule has 1 aromatic carbocycles. The van der Waals surface area contributed by atoms with E-state index in [0.29, 0.717) is 0 Å². The molecule has 4 heteroatoms. The maximum atomic E-state index is 6.07. The van der Waals surface area contributed by atoms with Crippen molar-refractivity contribution in [2.75, 3.05) is 20.7 Å². The molecule has 0 saturated carbocycles. The molecule has 1 saturated heterocycles. The normalized spacial score (nSPS) is 19.5. The second-order valence-electron chi connectivity index (χ2n) is 6.16. The van der Waals surface area contributed by atoms with Crippen LogP contribution in [0.1, 0.15) is 32.3 Å². The summed E-state index contributed by atoms with van der Waals surface area (Å²) in [7, 11) is 3.92. The molecule has 1 aliphatic rings. The summed E-state index contributed by atoms with van der Waals surface area (Å²) in [6.07, 6.45) is 2.10. The van der Waals surface area contributed by atoms with Crippen LogP contribution in [0.2, 0.25) is 0 Å². The highest BCUT2D eigenvalue weighted by atomic mass is 16.6. The van der Waals surface area contributed by atoms with Gasteiger partial charge >= 0.3 is 7.12 Å². The molecule has 0 aliphatic carbocycles.